The molecule has 0 unspecified atom stereocenters. The number of allylic oxidation sites excluding steroid dienone is 1. The first-order valence-electron chi connectivity index (χ1n) is 14.7. The number of phenolic OH excluding ortho intramolecular Hbond substituents is 1. The number of carbonyl (C=O) groups excluding carboxylic acids is 1. The highest BCUT2D eigenvalue weighted by molar-refractivity contribution is 6.04. The van der Waals surface area contributed by atoms with E-state index in [-0.39, 0.29) is 22.8 Å². The lowest BCUT2D eigenvalue weighted by Crippen LogP contribution is -2.32. The summed E-state index contributed by atoms with van der Waals surface area (Å²) in [6.45, 7) is 6.87. The van der Waals surface area contributed by atoms with E-state index in [1.165, 1.54) is 44.6 Å². The molecule has 0 saturated heterocycles. The maximum Gasteiger partial charge on any atom is 0.252 e. The zero-order valence-corrected chi connectivity index (χ0v) is 24.6. The lowest BCUT2D eigenvalue weighted by molar-refractivity contribution is 0.0943. The number of hydrogen-bond acceptors (Lipinski definition) is 5. The van der Waals surface area contributed by atoms with Gasteiger partial charge in [-0.2, -0.15) is 0 Å². The number of benzene rings is 3. The highest BCUT2D eigenvalue weighted by Gasteiger charge is 2.33. The molecule has 0 spiro atoms. The Kier molecular flexibility index (Phi) is 7.21. The number of rotatable bonds is 5. The van der Waals surface area contributed by atoms with E-state index >= 15 is 0 Å². The van der Waals surface area contributed by atoms with Gasteiger partial charge in [-0.3, -0.25) is 4.79 Å². The van der Waals surface area contributed by atoms with Crippen LogP contribution < -0.4 is 20.1 Å². The van der Waals surface area contributed by atoms with E-state index in [1.807, 2.05) is 18.2 Å². The fourth-order valence-corrected chi connectivity index (χ4v) is 6.66. The summed E-state index contributed by atoms with van der Waals surface area (Å²) in [6.07, 6.45) is 9.80. The summed E-state index contributed by atoms with van der Waals surface area (Å²) < 4.78 is 26.7. The third-order valence-electron chi connectivity index (χ3n) is 8.49. The van der Waals surface area contributed by atoms with Crippen molar-refractivity contribution in [3.8, 4) is 28.4 Å². The quantitative estimate of drug-likeness (QED) is 0.291. The van der Waals surface area contributed by atoms with Crippen molar-refractivity contribution < 1.29 is 23.8 Å². The van der Waals surface area contributed by atoms with E-state index in [0.717, 1.165) is 40.8 Å². The van der Waals surface area contributed by atoms with Gasteiger partial charge in [0, 0.05) is 34.5 Å². The predicted molar refractivity (Wildman–Crippen MR) is 165 cm³/mol. The summed E-state index contributed by atoms with van der Waals surface area (Å²) in [5.74, 6) is 1.04. The van der Waals surface area contributed by atoms with E-state index < -0.39 is 5.82 Å². The summed E-state index contributed by atoms with van der Waals surface area (Å²) in [4.78, 5) is 13.4. The molecule has 2 aliphatic heterocycles. The van der Waals surface area contributed by atoms with E-state index in [1.54, 1.807) is 12.1 Å². The molecule has 7 heteroatoms. The summed E-state index contributed by atoms with van der Waals surface area (Å²) in [7, 11) is 1.52. The minimum absolute atomic E-state index is 0.0120. The van der Waals surface area contributed by atoms with Crippen LogP contribution in [0.25, 0.3) is 28.5 Å². The average molecular weight is 569 g/mol. The van der Waals surface area contributed by atoms with Crippen LogP contribution in [-0.2, 0) is 0 Å². The minimum atomic E-state index is -0.474. The molecule has 2 heterocycles. The number of carbonyl (C=O) groups is 1. The standard InChI is InChI=1S/C35H37FN2O4/c1-20-18-35(2,3)38-26-13-12-24-31(30(20)26)29(42-28-15-14-27(39)33(41-4)32(24)28)16-22-10-11-23(36)17-25(22)34(40)37-19-21-8-6-5-7-9-21/h10-18,21,38-39H,5-9,19H2,1-4H3,(H,37,40). The third kappa shape index (κ3) is 5.13. The molecule has 218 valence electrons. The number of hydrogen-bond donors (Lipinski definition) is 3. The summed E-state index contributed by atoms with van der Waals surface area (Å²) >= 11 is 0. The molecule has 0 aromatic heterocycles. The van der Waals surface area contributed by atoms with Crippen molar-refractivity contribution in [3.05, 3.63) is 76.6 Å². The number of halogens is 1. The number of nitrogens with one attached hydrogen (secondary N) is 2. The van der Waals surface area contributed by atoms with Crippen molar-refractivity contribution in [2.24, 2.45) is 5.92 Å². The number of ether oxygens (including phenoxy) is 2. The number of aromatic hydroxyl groups is 1. The fourth-order valence-electron chi connectivity index (χ4n) is 6.66. The fraction of sp³-hybridized carbons (Fsp3) is 0.343. The minimum Gasteiger partial charge on any atom is -0.504 e. The number of anilines is 1. The van der Waals surface area contributed by atoms with Crippen LogP contribution in [0.2, 0.25) is 0 Å². The highest BCUT2D eigenvalue weighted by Crippen LogP contribution is 2.54. The molecule has 1 amide bonds. The van der Waals surface area contributed by atoms with Crippen LogP contribution in [0.5, 0.6) is 17.2 Å². The largest absolute Gasteiger partial charge is 0.504 e. The lowest BCUT2D eigenvalue weighted by Gasteiger charge is -2.35. The molecule has 3 N–H and O–H groups in total. The van der Waals surface area contributed by atoms with Gasteiger partial charge in [-0.15, -0.1) is 0 Å². The van der Waals surface area contributed by atoms with Crippen molar-refractivity contribution in [2.75, 3.05) is 19.0 Å². The first kappa shape index (κ1) is 27.9. The maximum atomic E-state index is 14.5. The Morgan fingerprint density at radius 3 is 2.67 bits per heavy atom. The zero-order chi connectivity index (χ0) is 29.6. The number of methoxy groups -OCH3 is 1. The van der Waals surface area contributed by atoms with Crippen molar-refractivity contribution in [1.29, 1.82) is 0 Å². The van der Waals surface area contributed by atoms with Crippen LogP contribution in [0.1, 0.15) is 79.9 Å². The second kappa shape index (κ2) is 10.9. The molecule has 1 fully saturated rings. The molecule has 0 radical (unpaired) electrons. The van der Waals surface area contributed by atoms with E-state index in [0.29, 0.717) is 40.8 Å². The van der Waals surface area contributed by atoms with Gasteiger partial charge in [-0.05, 0) is 87.1 Å². The Labute approximate surface area is 246 Å². The van der Waals surface area contributed by atoms with Crippen LogP contribution in [0, 0.1) is 11.7 Å². The summed E-state index contributed by atoms with van der Waals surface area (Å²) in [5, 5.41) is 17.3. The van der Waals surface area contributed by atoms with Gasteiger partial charge >= 0.3 is 0 Å². The van der Waals surface area contributed by atoms with Crippen molar-refractivity contribution in [1.82, 2.24) is 5.32 Å². The summed E-state index contributed by atoms with van der Waals surface area (Å²) in [6, 6.07) is 11.5. The number of fused-ring (bicyclic) bond motifs is 5. The van der Waals surface area contributed by atoms with E-state index in [4.69, 9.17) is 9.47 Å². The molecular weight excluding hydrogens is 531 g/mol. The van der Waals surface area contributed by atoms with Crippen molar-refractivity contribution in [3.63, 3.8) is 0 Å². The molecule has 6 rings (SSSR count). The molecule has 1 aliphatic carbocycles. The average Bonchev–Trinajstić information content (AvgIpc) is 2.96. The Bertz CT molecular complexity index is 1630. The monoisotopic (exact) mass is 568 g/mol. The van der Waals surface area contributed by atoms with Crippen LogP contribution in [0.4, 0.5) is 10.1 Å². The second-order valence-corrected chi connectivity index (χ2v) is 12.1. The molecule has 1 saturated carbocycles. The molecule has 3 aliphatic rings. The zero-order valence-electron chi connectivity index (χ0n) is 24.6. The maximum absolute atomic E-state index is 14.5. The Hall–Kier alpha value is -4.26. The van der Waals surface area contributed by atoms with Gasteiger partial charge in [0.2, 0.25) is 0 Å². The van der Waals surface area contributed by atoms with Gasteiger partial charge in [0.25, 0.3) is 5.91 Å². The van der Waals surface area contributed by atoms with Crippen molar-refractivity contribution in [2.45, 2.75) is 58.4 Å². The van der Waals surface area contributed by atoms with Crippen LogP contribution in [-0.4, -0.2) is 30.2 Å². The van der Waals surface area contributed by atoms with Gasteiger partial charge in [0.15, 0.2) is 11.5 Å². The Morgan fingerprint density at radius 1 is 1.12 bits per heavy atom. The Balaban J connectivity index is 1.49. The lowest BCUT2D eigenvalue weighted by atomic mass is 9.82. The molecule has 3 aromatic rings. The SMILES string of the molecule is COc1c(O)ccc2c1-c1ccc3c(c1C(=Cc1ccc(F)cc1C(=O)NCC1CCCCC1)O2)C(C)=CC(C)(C)N3. The highest BCUT2D eigenvalue weighted by atomic mass is 19.1. The molecular formula is C35H37FN2O4. The van der Waals surface area contributed by atoms with Gasteiger partial charge in [0.05, 0.1) is 18.2 Å². The molecule has 0 bridgehead atoms. The smallest absolute Gasteiger partial charge is 0.252 e. The van der Waals surface area contributed by atoms with Crippen LogP contribution >= 0.6 is 0 Å². The number of phenols is 1. The van der Waals surface area contributed by atoms with Crippen molar-refractivity contribution >= 4 is 29.0 Å². The molecule has 6 nitrogen and oxygen atoms in total. The van der Waals surface area contributed by atoms with Gasteiger partial charge < -0.3 is 25.2 Å². The third-order valence-corrected chi connectivity index (χ3v) is 8.49. The second-order valence-electron chi connectivity index (χ2n) is 12.1. The predicted octanol–water partition coefficient (Wildman–Crippen LogP) is 8.01. The van der Waals surface area contributed by atoms with Gasteiger partial charge in [-0.1, -0.05) is 37.5 Å². The van der Waals surface area contributed by atoms with Crippen LogP contribution in [0.3, 0.4) is 0 Å². The summed E-state index contributed by atoms with van der Waals surface area (Å²) in [5.41, 5.74) is 5.80. The van der Waals surface area contributed by atoms with E-state index in [9.17, 15) is 14.3 Å². The Morgan fingerprint density at radius 2 is 1.90 bits per heavy atom. The molecule has 3 aromatic carbocycles. The first-order valence-corrected chi connectivity index (χ1v) is 14.7. The molecule has 0 atom stereocenters. The number of amides is 1. The normalized spacial score (nSPS) is 18.1. The van der Waals surface area contributed by atoms with E-state index in [2.05, 4.69) is 37.5 Å². The topological polar surface area (TPSA) is 79.8 Å². The first-order chi connectivity index (χ1) is 20.1. The van der Waals surface area contributed by atoms with Gasteiger partial charge in [0.1, 0.15) is 17.3 Å². The molecule has 42 heavy (non-hydrogen) atoms. The van der Waals surface area contributed by atoms with Crippen LogP contribution in [0.15, 0.2) is 48.5 Å². The van der Waals surface area contributed by atoms with Gasteiger partial charge in [-0.25, -0.2) is 4.39 Å².